The van der Waals surface area contributed by atoms with Gasteiger partial charge in [0, 0.05) is 26.2 Å². The van der Waals surface area contributed by atoms with Crippen LogP contribution in [-0.2, 0) is 9.53 Å². The minimum atomic E-state index is -0.156. The lowest BCUT2D eigenvalue weighted by molar-refractivity contribution is -0.139. The third-order valence-electron chi connectivity index (χ3n) is 3.97. The Morgan fingerprint density at radius 1 is 1.32 bits per heavy atom. The number of aliphatic hydroxyl groups is 1. The first kappa shape index (κ1) is 14.8. The molecule has 2 fully saturated rings. The summed E-state index contributed by atoms with van der Waals surface area (Å²) in [5, 5.41) is 9.20. The van der Waals surface area contributed by atoms with E-state index in [1.165, 1.54) is 6.42 Å². The smallest absolute Gasteiger partial charge is 0.236 e. The van der Waals surface area contributed by atoms with Gasteiger partial charge in [0.05, 0.1) is 25.4 Å². The van der Waals surface area contributed by atoms with Gasteiger partial charge < -0.3 is 14.7 Å². The average molecular weight is 270 g/mol. The van der Waals surface area contributed by atoms with Crippen molar-refractivity contribution >= 4 is 5.91 Å². The Balaban J connectivity index is 1.84. The summed E-state index contributed by atoms with van der Waals surface area (Å²) in [7, 11) is 0. The molecule has 1 N–H and O–H groups in total. The minimum Gasteiger partial charge on any atom is -0.394 e. The fourth-order valence-electron chi connectivity index (χ4n) is 3.08. The topological polar surface area (TPSA) is 53.0 Å². The molecule has 0 aromatic rings. The minimum absolute atomic E-state index is 0.0236. The molecule has 2 aliphatic heterocycles. The predicted octanol–water partition coefficient (Wildman–Crippen LogP) is 0.327. The van der Waals surface area contributed by atoms with Gasteiger partial charge in [-0.05, 0) is 25.7 Å². The highest BCUT2D eigenvalue weighted by Gasteiger charge is 2.28. The lowest BCUT2D eigenvalue weighted by atomic mass is 10.0. The van der Waals surface area contributed by atoms with Gasteiger partial charge in [0.15, 0.2) is 0 Å². The van der Waals surface area contributed by atoms with Gasteiger partial charge in [-0.15, -0.1) is 0 Å². The molecule has 3 atom stereocenters. The van der Waals surface area contributed by atoms with Crippen molar-refractivity contribution in [2.45, 2.75) is 38.9 Å². The van der Waals surface area contributed by atoms with Crippen molar-refractivity contribution in [2.75, 3.05) is 39.3 Å². The number of hydrogen-bond donors (Lipinski definition) is 1. The molecule has 2 aliphatic rings. The molecule has 5 heteroatoms. The largest absolute Gasteiger partial charge is 0.394 e. The molecule has 0 radical (unpaired) electrons. The van der Waals surface area contributed by atoms with E-state index in [1.54, 1.807) is 0 Å². The zero-order valence-electron chi connectivity index (χ0n) is 12.0. The van der Waals surface area contributed by atoms with E-state index >= 15 is 0 Å². The molecular formula is C14H26N2O3. The van der Waals surface area contributed by atoms with Crippen LogP contribution in [0.1, 0.15) is 26.7 Å². The first-order chi connectivity index (χ1) is 9.08. The van der Waals surface area contributed by atoms with E-state index in [9.17, 15) is 9.90 Å². The van der Waals surface area contributed by atoms with Crippen molar-refractivity contribution in [1.82, 2.24) is 9.80 Å². The first-order valence-corrected chi connectivity index (χ1v) is 7.35. The molecular weight excluding hydrogens is 244 g/mol. The van der Waals surface area contributed by atoms with Crippen LogP contribution in [0.5, 0.6) is 0 Å². The van der Waals surface area contributed by atoms with E-state index < -0.39 is 0 Å². The van der Waals surface area contributed by atoms with Crippen molar-refractivity contribution in [3.63, 3.8) is 0 Å². The molecule has 110 valence electrons. The summed E-state index contributed by atoms with van der Waals surface area (Å²) in [6.07, 6.45) is 2.27. The van der Waals surface area contributed by atoms with E-state index in [1.807, 2.05) is 11.8 Å². The first-order valence-electron chi connectivity index (χ1n) is 7.35. The Bertz CT molecular complexity index is 311. The Morgan fingerprint density at radius 2 is 2.11 bits per heavy atom. The highest BCUT2D eigenvalue weighted by atomic mass is 16.5. The van der Waals surface area contributed by atoms with Gasteiger partial charge in [0.2, 0.25) is 5.91 Å². The van der Waals surface area contributed by atoms with Crippen LogP contribution in [0.4, 0.5) is 0 Å². The maximum absolute atomic E-state index is 12.3. The molecule has 19 heavy (non-hydrogen) atoms. The molecule has 3 unspecified atom stereocenters. The number of carbonyl (C=O) groups is 1. The third-order valence-corrected chi connectivity index (χ3v) is 3.97. The summed E-state index contributed by atoms with van der Waals surface area (Å²) in [6, 6.07) is 0. The molecule has 2 saturated heterocycles. The van der Waals surface area contributed by atoms with Gasteiger partial charge in [-0.25, -0.2) is 0 Å². The lowest BCUT2D eigenvalue weighted by Crippen LogP contribution is -2.52. The van der Waals surface area contributed by atoms with E-state index in [0.29, 0.717) is 19.0 Å². The molecule has 0 bridgehead atoms. The van der Waals surface area contributed by atoms with Gasteiger partial charge in [0.1, 0.15) is 0 Å². The van der Waals surface area contributed by atoms with Crippen molar-refractivity contribution in [3.05, 3.63) is 0 Å². The quantitative estimate of drug-likeness (QED) is 0.803. The molecule has 0 saturated carbocycles. The molecule has 0 spiro atoms. The Kier molecular flexibility index (Phi) is 5.19. The SMILES string of the molecule is CC1CCCN(C(=O)CN2CC(C)OC(CO)C2)C1. The summed E-state index contributed by atoms with van der Waals surface area (Å²) in [4.78, 5) is 16.4. The second kappa shape index (κ2) is 6.68. The maximum atomic E-state index is 12.3. The summed E-state index contributed by atoms with van der Waals surface area (Å²) < 4.78 is 5.59. The number of likely N-dealkylation sites (tertiary alicyclic amines) is 1. The number of nitrogens with zero attached hydrogens (tertiary/aromatic N) is 2. The summed E-state index contributed by atoms with van der Waals surface area (Å²) in [6.45, 7) is 7.88. The second-order valence-electron chi connectivity index (χ2n) is 6.03. The number of morpholine rings is 1. The van der Waals surface area contributed by atoms with Gasteiger partial charge in [0.25, 0.3) is 0 Å². The summed E-state index contributed by atoms with van der Waals surface area (Å²) in [5.41, 5.74) is 0. The van der Waals surface area contributed by atoms with Crippen LogP contribution >= 0.6 is 0 Å². The second-order valence-corrected chi connectivity index (χ2v) is 6.03. The number of hydrogen-bond acceptors (Lipinski definition) is 4. The van der Waals surface area contributed by atoms with E-state index in [2.05, 4.69) is 11.8 Å². The zero-order chi connectivity index (χ0) is 13.8. The van der Waals surface area contributed by atoms with Gasteiger partial charge in [-0.1, -0.05) is 6.92 Å². The Hall–Kier alpha value is -0.650. The summed E-state index contributed by atoms with van der Waals surface area (Å²) in [5.74, 6) is 0.837. The monoisotopic (exact) mass is 270 g/mol. The Labute approximate surface area is 115 Å². The third kappa shape index (κ3) is 4.16. The number of rotatable bonds is 3. The normalized spacial score (nSPS) is 33.4. The van der Waals surface area contributed by atoms with E-state index in [-0.39, 0.29) is 24.7 Å². The van der Waals surface area contributed by atoms with Crippen LogP contribution in [-0.4, -0.2) is 72.4 Å². The average Bonchev–Trinajstić information content (AvgIpc) is 2.38. The van der Waals surface area contributed by atoms with Crippen molar-refractivity contribution in [2.24, 2.45) is 5.92 Å². The van der Waals surface area contributed by atoms with Crippen LogP contribution in [0.3, 0.4) is 0 Å². The number of piperidine rings is 1. The molecule has 1 amide bonds. The maximum Gasteiger partial charge on any atom is 0.236 e. The van der Waals surface area contributed by atoms with E-state index in [0.717, 1.165) is 26.1 Å². The fourth-order valence-corrected chi connectivity index (χ4v) is 3.08. The van der Waals surface area contributed by atoms with Crippen molar-refractivity contribution in [1.29, 1.82) is 0 Å². The van der Waals surface area contributed by atoms with Gasteiger partial charge >= 0.3 is 0 Å². The zero-order valence-corrected chi connectivity index (χ0v) is 12.0. The predicted molar refractivity (Wildman–Crippen MR) is 72.8 cm³/mol. The molecule has 0 aromatic heterocycles. The summed E-state index contributed by atoms with van der Waals surface area (Å²) >= 11 is 0. The van der Waals surface area contributed by atoms with E-state index in [4.69, 9.17) is 4.74 Å². The van der Waals surface area contributed by atoms with Crippen molar-refractivity contribution < 1.29 is 14.6 Å². The lowest BCUT2D eigenvalue weighted by Gasteiger charge is -2.37. The molecule has 2 heterocycles. The number of ether oxygens (including phenoxy) is 1. The molecule has 0 aliphatic carbocycles. The van der Waals surface area contributed by atoms with Gasteiger partial charge in [-0.2, -0.15) is 0 Å². The molecule has 2 rings (SSSR count). The Morgan fingerprint density at radius 3 is 2.79 bits per heavy atom. The van der Waals surface area contributed by atoms with Crippen LogP contribution in [0.25, 0.3) is 0 Å². The number of amides is 1. The molecule has 0 aromatic carbocycles. The van der Waals surface area contributed by atoms with Crippen LogP contribution in [0.2, 0.25) is 0 Å². The highest BCUT2D eigenvalue weighted by molar-refractivity contribution is 5.78. The highest BCUT2D eigenvalue weighted by Crippen LogP contribution is 2.16. The number of carbonyl (C=O) groups excluding carboxylic acids is 1. The van der Waals surface area contributed by atoms with Crippen LogP contribution < -0.4 is 0 Å². The standard InChI is InChI=1S/C14H26N2O3/c1-11-4-3-5-16(6-11)14(18)9-15-7-12(2)19-13(8-15)10-17/h11-13,17H,3-10H2,1-2H3. The van der Waals surface area contributed by atoms with Crippen LogP contribution in [0, 0.1) is 5.92 Å². The number of aliphatic hydroxyl groups excluding tert-OH is 1. The van der Waals surface area contributed by atoms with Gasteiger partial charge in [-0.3, -0.25) is 9.69 Å². The molecule has 5 nitrogen and oxygen atoms in total. The van der Waals surface area contributed by atoms with Crippen LogP contribution in [0.15, 0.2) is 0 Å². The van der Waals surface area contributed by atoms with Crippen molar-refractivity contribution in [3.8, 4) is 0 Å². The fraction of sp³-hybridized carbons (Fsp3) is 0.929.